The minimum atomic E-state index is -2.92. The zero-order valence-electron chi connectivity index (χ0n) is 11.1. The van der Waals surface area contributed by atoms with Crippen LogP contribution in [0, 0.1) is 0 Å². The lowest BCUT2D eigenvalue weighted by Crippen LogP contribution is -2.26. The normalized spacial score (nSPS) is 19.6. The standard InChI is InChI=1S/C16H16NO2P/c1-2-11-17-12-20(18)16-10-6-4-8-14(16)13-7-3-5-9-15(13)19-20/h2-10,17H,1,11-12H2. The van der Waals surface area contributed by atoms with Gasteiger partial charge in [-0.15, -0.1) is 6.58 Å². The van der Waals surface area contributed by atoms with E-state index in [4.69, 9.17) is 4.52 Å². The zero-order chi connectivity index (χ0) is 14.0. The molecule has 20 heavy (non-hydrogen) atoms. The van der Waals surface area contributed by atoms with Crippen molar-refractivity contribution >= 4 is 12.7 Å². The Balaban J connectivity index is 2.08. The predicted octanol–water partition coefficient (Wildman–Crippen LogP) is 3.38. The van der Waals surface area contributed by atoms with E-state index in [-0.39, 0.29) is 0 Å². The summed E-state index contributed by atoms with van der Waals surface area (Å²) in [5.74, 6) is 0.690. The van der Waals surface area contributed by atoms with Crippen molar-refractivity contribution in [3.63, 3.8) is 0 Å². The molecule has 1 heterocycles. The van der Waals surface area contributed by atoms with Gasteiger partial charge in [0.1, 0.15) is 5.75 Å². The monoisotopic (exact) mass is 285 g/mol. The number of hydrogen-bond donors (Lipinski definition) is 1. The molecule has 1 aliphatic heterocycles. The summed E-state index contributed by atoms with van der Waals surface area (Å²) < 4.78 is 19.0. The summed E-state index contributed by atoms with van der Waals surface area (Å²) in [5.41, 5.74) is 2.00. The van der Waals surface area contributed by atoms with Gasteiger partial charge in [0, 0.05) is 12.1 Å². The van der Waals surface area contributed by atoms with Gasteiger partial charge in [-0.3, -0.25) is 4.57 Å². The SMILES string of the molecule is C=CCNCP1(=O)Oc2ccccc2-c2ccccc21. The van der Waals surface area contributed by atoms with Crippen LogP contribution < -0.4 is 15.1 Å². The third kappa shape index (κ3) is 2.20. The van der Waals surface area contributed by atoms with Crippen LogP contribution in [0.2, 0.25) is 0 Å². The van der Waals surface area contributed by atoms with Crippen molar-refractivity contribution in [1.82, 2.24) is 5.32 Å². The molecule has 1 N–H and O–H groups in total. The fourth-order valence-electron chi connectivity index (χ4n) is 2.41. The second-order valence-electron chi connectivity index (χ2n) is 4.68. The molecule has 0 aromatic heterocycles. The van der Waals surface area contributed by atoms with E-state index in [1.54, 1.807) is 6.08 Å². The molecule has 102 valence electrons. The van der Waals surface area contributed by atoms with Crippen molar-refractivity contribution in [2.24, 2.45) is 0 Å². The highest BCUT2D eigenvalue weighted by Crippen LogP contribution is 2.53. The lowest BCUT2D eigenvalue weighted by molar-refractivity contribution is 0.486. The van der Waals surface area contributed by atoms with E-state index in [1.807, 2.05) is 48.5 Å². The van der Waals surface area contributed by atoms with Crippen molar-refractivity contribution in [1.29, 1.82) is 0 Å². The van der Waals surface area contributed by atoms with Crippen LogP contribution in [0.15, 0.2) is 61.2 Å². The summed E-state index contributed by atoms with van der Waals surface area (Å²) in [6, 6.07) is 15.5. The van der Waals surface area contributed by atoms with Gasteiger partial charge in [-0.05, 0) is 17.7 Å². The number of fused-ring (bicyclic) bond motifs is 3. The molecule has 0 saturated carbocycles. The van der Waals surface area contributed by atoms with Gasteiger partial charge < -0.3 is 9.84 Å². The van der Waals surface area contributed by atoms with Gasteiger partial charge in [-0.2, -0.15) is 0 Å². The molecule has 2 aromatic rings. The molecule has 0 aliphatic carbocycles. The number of nitrogens with one attached hydrogen (secondary N) is 1. The van der Waals surface area contributed by atoms with Gasteiger partial charge in [0.05, 0.1) is 11.6 Å². The van der Waals surface area contributed by atoms with Crippen LogP contribution in [0.1, 0.15) is 0 Å². The van der Waals surface area contributed by atoms with E-state index < -0.39 is 7.37 Å². The molecule has 1 atom stereocenters. The summed E-state index contributed by atoms with van der Waals surface area (Å²) in [7, 11) is -2.92. The van der Waals surface area contributed by atoms with E-state index >= 15 is 0 Å². The first-order valence-electron chi connectivity index (χ1n) is 6.54. The van der Waals surface area contributed by atoms with E-state index in [0.29, 0.717) is 18.6 Å². The minimum Gasteiger partial charge on any atom is -0.438 e. The van der Waals surface area contributed by atoms with Gasteiger partial charge in [0.25, 0.3) is 7.37 Å². The minimum absolute atomic E-state index is 0.310. The van der Waals surface area contributed by atoms with Crippen LogP contribution >= 0.6 is 7.37 Å². The maximum atomic E-state index is 13.2. The Bertz CT molecular complexity index is 696. The summed E-state index contributed by atoms with van der Waals surface area (Å²) in [6.07, 6.45) is 2.06. The zero-order valence-corrected chi connectivity index (χ0v) is 12.0. The van der Waals surface area contributed by atoms with Gasteiger partial charge in [0.15, 0.2) is 0 Å². The van der Waals surface area contributed by atoms with Crippen LogP contribution in [0.4, 0.5) is 0 Å². The van der Waals surface area contributed by atoms with Crippen molar-refractivity contribution in [3.05, 3.63) is 61.2 Å². The summed E-state index contributed by atoms with van der Waals surface area (Å²) >= 11 is 0. The first kappa shape index (κ1) is 13.2. The number of benzene rings is 2. The Hall–Kier alpha value is -1.83. The highest BCUT2D eigenvalue weighted by atomic mass is 31.2. The molecule has 0 bridgehead atoms. The Morgan fingerprint density at radius 2 is 1.80 bits per heavy atom. The summed E-state index contributed by atoms with van der Waals surface area (Å²) in [5, 5.41) is 3.90. The molecule has 0 saturated heterocycles. The van der Waals surface area contributed by atoms with Crippen LogP contribution in [0.25, 0.3) is 11.1 Å². The quantitative estimate of drug-likeness (QED) is 0.531. The molecular weight excluding hydrogens is 269 g/mol. The average Bonchev–Trinajstić information content (AvgIpc) is 2.48. The largest absolute Gasteiger partial charge is 0.438 e. The van der Waals surface area contributed by atoms with Gasteiger partial charge in [0.2, 0.25) is 0 Å². The Morgan fingerprint density at radius 1 is 1.10 bits per heavy atom. The molecule has 0 radical (unpaired) electrons. The highest BCUT2D eigenvalue weighted by molar-refractivity contribution is 7.67. The first-order chi connectivity index (χ1) is 9.74. The smallest absolute Gasteiger partial charge is 0.291 e. The van der Waals surface area contributed by atoms with Crippen molar-refractivity contribution in [2.45, 2.75) is 0 Å². The van der Waals surface area contributed by atoms with Crippen molar-refractivity contribution < 1.29 is 9.09 Å². The summed E-state index contributed by atoms with van der Waals surface area (Å²) in [4.78, 5) is 0. The fourth-order valence-corrected chi connectivity index (χ4v) is 4.52. The van der Waals surface area contributed by atoms with Crippen LogP contribution in [0.3, 0.4) is 0 Å². The molecule has 0 spiro atoms. The maximum absolute atomic E-state index is 13.2. The fraction of sp³-hybridized carbons (Fsp3) is 0.125. The molecule has 0 amide bonds. The molecule has 0 fully saturated rings. The Labute approximate surface area is 118 Å². The molecule has 1 unspecified atom stereocenters. The molecule has 3 rings (SSSR count). The van der Waals surface area contributed by atoms with Gasteiger partial charge in [-0.1, -0.05) is 42.5 Å². The van der Waals surface area contributed by atoms with Gasteiger partial charge >= 0.3 is 0 Å². The molecule has 3 nitrogen and oxygen atoms in total. The molecule has 4 heteroatoms. The van der Waals surface area contributed by atoms with Crippen molar-refractivity contribution in [2.75, 3.05) is 12.8 Å². The van der Waals surface area contributed by atoms with Crippen LogP contribution in [-0.2, 0) is 4.57 Å². The first-order valence-corrected chi connectivity index (χ1v) is 8.35. The maximum Gasteiger partial charge on any atom is 0.291 e. The predicted molar refractivity (Wildman–Crippen MR) is 82.8 cm³/mol. The van der Waals surface area contributed by atoms with Crippen molar-refractivity contribution in [3.8, 4) is 16.9 Å². The molecule has 2 aromatic carbocycles. The second-order valence-corrected chi connectivity index (χ2v) is 7.01. The summed E-state index contributed by atoms with van der Waals surface area (Å²) in [6.45, 7) is 4.26. The number of hydrogen-bond acceptors (Lipinski definition) is 3. The topological polar surface area (TPSA) is 38.3 Å². The second kappa shape index (κ2) is 5.28. The molecular formula is C16H16NO2P. The van der Waals surface area contributed by atoms with E-state index in [2.05, 4.69) is 11.9 Å². The van der Waals surface area contributed by atoms with E-state index in [1.165, 1.54) is 0 Å². The number of para-hydroxylation sites is 1. The van der Waals surface area contributed by atoms with Crippen LogP contribution in [0.5, 0.6) is 5.75 Å². The third-order valence-electron chi connectivity index (χ3n) is 3.30. The number of rotatable bonds is 4. The Kier molecular flexibility index (Phi) is 3.47. The third-order valence-corrected chi connectivity index (χ3v) is 5.56. The lowest BCUT2D eigenvalue weighted by Gasteiger charge is -2.28. The van der Waals surface area contributed by atoms with E-state index in [0.717, 1.165) is 16.4 Å². The van der Waals surface area contributed by atoms with Crippen LogP contribution in [-0.4, -0.2) is 12.8 Å². The molecule has 1 aliphatic rings. The highest BCUT2D eigenvalue weighted by Gasteiger charge is 2.35. The Morgan fingerprint density at radius 3 is 2.60 bits per heavy atom. The van der Waals surface area contributed by atoms with Gasteiger partial charge in [-0.25, -0.2) is 0 Å². The van der Waals surface area contributed by atoms with E-state index in [9.17, 15) is 4.57 Å². The average molecular weight is 285 g/mol. The lowest BCUT2D eigenvalue weighted by atomic mass is 10.0.